The van der Waals surface area contributed by atoms with Crippen LogP contribution in [0.3, 0.4) is 0 Å². The van der Waals surface area contributed by atoms with Gasteiger partial charge in [-0.1, -0.05) is 41.4 Å². The van der Waals surface area contributed by atoms with Gasteiger partial charge in [-0.15, -0.1) is 0 Å². The van der Waals surface area contributed by atoms with Gasteiger partial charge in [0.2, 0.25) is 10.0 Å². The maximum absolute atomic E-state index is 12.9. The van der Waals surface area contributed by atoms with Crippen LogP contribution in [-0.2, 0) is 14.8 Å². The molecule has 6 nitrogen and oxygen atoms in total. The van der Waals surface area contributed by atoms with E-state index >= 15 is 0 Å². The van der Waals surface area contributed by atoms with Gasteiger partial charge in [0, 0.05) is 0 Å². The molecule has 0 fully saturated rings. The molecule has 144 valence electrons. The van der Waals surface area contributed by atoms with Crippen LogP contribution in [0.5, 0.6) is 0 Å². The number of halogens is 3. The zero-order chi connectivity index (χ0) is 20.2. The average molecular weight is 432 g/mol. The first kappa shape index (κ1) is 21.1. The summed E-state index contributed by atoms with van der Waals surface area (Å²) >= 11 is 12.0. The lowest BCUT2D eigenvalue weighted by Gasteiger charge is -2.22. The zero-order valence-corrected chi connectivity index (χ0v) is 16.7. The molecular formula is C17H16Cl2FN3O3S. The number of benzene rings is 2. The second-order valence-electron chi connectivity index (χ2n) is 5.58. The molecule has 0 aliphatic rings. The van der Waals surface area contributed by atoms with E-state index in [0.717, 1.165) is 10.6 Å². The Hall–Kier alpha value is -2.16. The predicted octanol–water partition coefficient (Wildman–Crippen LogP) is 3.44. The summed E-state index contributed by atoms with van der Waals surface area (Å²) in [6, 6.07) is 10.0. The Morgan fingerprint density at radius 1 is 1.19 bits per heavy atom. The molecule has 0 bridgehead atoms. The van der Waals surface area contributed by atoms with Crippen molar-refractivity contribution in [3.05, 3.63) is 63.9 Å². The molecule has 0 spiro atoms. The first-order valence-corrected chi connectivity index (χ1v) is 10.2. The third-order valence-electron chi connectivity index (χ3n) is 3.50. The summed E-state index contributed by atoms with van der Waals surface area (Å²) in [4.78, 5) is 12.2. The van der Waals surface area contributed by atoms with Gasteiger partial charge >= 0.3 is 0 Å². The summed E-state index contributed by atoms with van der Waals surface area (Å²) in [6.45, 7) is 1.08. The molecule has 0 atom stereocenters. The Labute approximate surface area is 166 Å². The van der Waals surface area contributed by atoms with E-state index in [-0.39, 0.29) is 15.7 Å². The molecule has 0 radical (unpaired) electrons. The number of sulfonamides is 1. The lowest BCUT2D eigenvalue weighted by Crippen LogP contribution is -2.39. The highest BCUT2D eigenvalue weighted by molar-refractivity contribution is 7.92. The molecule has 1 N–H and O–H groups in total. The average Bonchev–Trinajstić information content (AvgIpc) is 2.60. The number of rotatable bonds is 6. The van der Waals surface area contributed by atoms with Crippen LogP contribution < -0.4 is 9.73 Å². The van der Waals surface area contributed by atoms with Crippen LogP contribution in [0.1, 0.15) is 12.5 Å². The number of carbonyl (C=O) groups excluding carboxylic acids is 1. The minimum absolute atomic E-state index is 0.0170. The van der Waals surface area contributed by atoms with E-state index in [1.165, 1.54) is 42.5 Å². The van der Waals surface area contributed by atoms with Gasteiger partial charge in [0.05, 0.1) is 27.7 Å². The van der Waals surface area contributed by atoms with Crippen molar-refractivity contribution in [3.63, 3.8) is 0 Å². The maximum atomic E-state index is 12.9. The van der Waals surface area contributed by atoms with E-state index in [9.17, 15) is 17.6 Å². The second-order valence-corrected chi connectivity index (χ2v) is 8.27. The number of carbonyl (C=O) groups is 1. The summed E-state index contributed by atoms with van der Waals surface area (Å²) < 4.78 is 38.0. The van der Waals surface area contributed by atoms with Crippen molar-refractivity contribution in [1.82, 2.24) is 5.43 Å². The van der Waals surface area contributed by atoms with Crippen LogP contribution in [0.2, 0.25) is 10.0 Å². The molecule has 2 aromatic carbocycles. The van der Waals surface area contributed by atoms with Gasteiger partial charge in [-0.05, 0) is 36.8 Å². The van der Waals surface area contributed by atoms with Gasteiger partial charge in [-0.2, -0.15) is 5.10 Å². The minimum Gasteiger partial charge on any atom is -0.271 e. The van der Waals surface area contributed by atoms with Gasteiger partial charge in [-0.25, -0.2) is 18.2 Å². The van der Waals surface area contributed by atoms with Crippen LogP contribution in [0.15, 0.2) is 47.6 Å². The molecule has 0 aliphatic carbocycles. The van der Waals surface area contributed by atoms with E-state index in [1.807, 2.05) is 0 Å². The van der Waals surface area contributed by atoms with E-state index in [4.69, 9.17) is 23.2 Å². The zero-order valence-electron chi connectivity index (χ0n) is 14.4. The number of hydrogen-bond acceptors (Lipinski definition) is 4. The minimum atomic E-state index is -3.81. The van der Waals surface area contributed by atoms with Gasteiger partial charge in [0.15, 0.2) is 0 Å². The molecule has 0 aliphatic heterocycles. The molecule has 0 saturated carbocycles. The number of nitrogens with one attached hydrogen (secondary N) is 1. The topological polar surface area (TPSA) is 78.8 Å². The second kappa shape index (κ2) is 8.69. The maximum Gasteiger partial charge on any atom is 0.260 e. The third-order valence-corrected chi connectivity index (χ3v) is 5.43. The molecule has 0 unspecified atom stereocenters. The molecule has 2 aromatic rings. The fraction of sp³-hybridized carbons (Fsp3) is 0.176. The van der Waals surface area contributed by atoms with E-state index in [0.29, 0.717) is 11.3 Å². The molecule has 0 aromatic heterocycles. The summed E-state index contributed by atoms with van der Waals surface area (Å²) in [6.07, 6.45) is 0.949. The van der Waals surface area contributed by atoms with Crippen LogP contribution in [-0.4, -0.2) is 32.8 Å². The lowest BCUT2D eigenvalue weighted by atomic mass is 10.1. The van der Waals surface area contributed by atoms with Crippen LogP contribution >= 0.6 is 23.2 Å². The molecule has 1 amide bonds. The van der Waals surface area contributed by atoms with Crippen LogP contribution in [0, 0.1) is 5.82 Å². The van der Waals surface area contributed by atoms with Crippen molar-refractivity contribution in [3.8, 4) is 0 Å². The summed E-state index contributed by atoms with van der Waals surface area (Å²) in [5.74, 6) is -1.07. The normalized spacial score (nSPS) is 12.0. The molecule has 10 heteroatoms. The summed E-state index contributed by atoms with van der Waals surface area (Å²) in [5, 5.41) is 4.08. The van der Waals surface area contributed by atoms with Gasteiger partial charge in [-0.3, -0.25) is 9.10 Å². The number of hydrazone groups is 1. The Morgan fingerprint density at radius 2 is 1.81 bits per heavy atom. The van der Waals surface area contributed by atoms with E-state index in [2.05, 4.69) is 10.5 Å². The summed E-state index contributed by atoms with van der Waals surface area (Å²) in [5.41, 5.74) is 3.39. The molecule has 27 heavy (non-hydrogen) atoms. The van der Waals surface area contributed by atoms with Gasteiger partial charge in [0.1, 0.15) is 12.4 Å². The van der Waals surface area contributed by atoms with Crippen LogP contribution in [0.4, 0.5) is 10.1 Å². The fourth-order valence-electron chi connectivity index (χ4n) is 2.13. The Bertz CT molecular complexity index is 979. The first-order valence-electron chi connectivity index (χ1n) is 7.60. The Morgan fingerprint density at radius 3 is 2.41 bits per heavy atom. The lowest BCUT2D eigenvalue weighted by molar-refractivity contribution is -0.119. The number of nitrogens with zero attached hydrogens (tertiary/aromatic N) is 2. The van der Waals surface area contributed by atoms with Crippen LogP contribution in [0.25, 0.3) is 0 Å². The third kappa shape index (κ3) is 5.66. The highest BCUT2D eigenvalue weighted by atomic mass is 35.5. The number of anilines is 1. The van der Waals surface area contributed by atoms with Gasteiger partial charge < -0.3 is 0 Å². The SMILES string of the molecule is C/C(=N/NC(=O)CN(c1cccc(Cl)c1Cl)S(C)(=O)=O)c1ccc(F)cc1. The largest absolute Gasteiger partial charge is 0.271 e. The van der Waals surface area contributed by atoms with Crippen molar-refractivity contribution in [2.24, 2.45) is 5.10 Å². The molecule has 0 heterocycles. The Kier molecular flexibility index (Phi) is 6.80. The number of hydrogen-bond donors (Lipinski definition) is 1. The fourth-order valence-corrected chi connectivity index (χ4v) is 3.44. The van der Waals surface area contributed by atoms with E-state index < -0.39 is 28.3 Å². The molecule has 2 rings (SSSR count). The Balaban J connectivity index is 2.18. The highest BCUT2D eigenvalue weighted by Gasteiger charge is 2.23. The monoisotopic (exact) mass is 431 g/mol. The number of amides is 1. The van der Waals surface area contributed by atoms with Crippen molar-refractivity contribution in [1.29, 1.82) is 0 Å². The summed E-state index contributed by atoms with van der Waals surface area (Å²) in [7, 11) is -3.81. The smallest absolute Gasteiger partial charge is 0.260 e. The molecular weight excluding hydrogens is 416 g/mol. The quantitative estimate of drug-likeness (QED) is 0.561. The van der Waals surface area contributed by atoms with Crippen molar-refractivity contribution < 1.29 is 17.6 Å². The van der Waals surface area contributed by atoms with Gasteiger partial charge in [0.25, 0.3) is 5.91 Å². The molecule has 0 saturated heterocycles. The van der Waals surface area contributed by atoms with Crippen molar-refractivity contribution in [2.75, 3.05) is 17.1 Å². The van der Waals surface area contributed by atoms with E-state index in [1.54, 1.807) is 6.92 Å². The standard InChI is InChI=1S/C17H16Cl2FN3O3S/c1-11(12-6-8-13(20)9-7-12)21-22-16(24)10-23(27(2,25)26)15-5-3-4-14(18)17(15)19/h3-9H,10H2,1-2H3,(H,22,24)/b21-11-. The predicted molar refractivity (Wildman–Crippen MR) is 105 cm³/mol. The first-order chi connectivity index (χ1) is 12.6. The highest BCUT2D eigenvalue weighted by Crippen LogP contribution is 2.33. The van der Waals surface area contributed by atoms with Crippen molar-refractivity contribution >= 4 is 50.5 Å². The van der Waals surface area contributed by atoms with Crippen molar-refractivity contribution in [2.45, 2.75) is 6.92 Å².